The number of nitrogens with zero attached hydrogens (tertiary/aromatic N) is 1. The van der Waals surface area contributed by atoms with Gasteiger partial charge < -0.3 is 9.64 Å². The Kier molecular flexibility index (Phi) is 5.34. The zero-order valence-electron chi connectivity index (χ0n) is 12.5. The van der Waals surface area contributed by atoms with Crippen LogP contribution in [0.15, 0.2) is 51.4 Å². The molecule has 0 N–H and O–H groups in total. The molecular formula is C17H15Br2NO2S. The van der Waals surface area contributed by atoms with Crippen LogP contribution < -0.4 is 4.74 Å². The zero-order valence-corrected chi connectivity index (χ0v) is 16.4. The molecule has 0 bridgehead atoms. The van der Waals surface area contributed by atoms with Crippen LogP contribution in [0.2, 0.25) is 0 Å². The van der Waals surface area contributed by atoms with Gasteiger partial charge in [0, 0.05) is 21.2 Å². The highest BCUT2D eigenvalue weighted by atomic mass is 79.9. The van der Waals surface area contributed by atoms with Crippen LogP contribution >= 0.6 is 43.6 Å². The lowest BCUT2D eigenvalue weighted by Gasteiger charge is -2.25. The average Bonchev–Trinajstić information content (AvgIpc) is 3.05. The first kappa shape index (κ1) is 16.9. The summed E-state index contributed by atoms with van der Waals surface area (Å²) in [4.78, 5) is 14.9. The highest BCUT2D eigenvalue weighted by molar-refractivity contribution is 9.10. The van der Waals surface area contributed by atoms with E-state index in [1.807, 2.05) is 29.2 Å². The van der Waals surface area contributed by atoms with E-state index >= 15 is 0 Å². The van der Waals surface area contributed by atoms with Gasteiger partial charge in [0.25, 0.3) is 5.91 Å². The fraction of sp³-hybridized carbons (Fsp3) is 0.235. The molecule has 0 saturated carbocycles. The van der Waals surface area contributed by atoms with Gasteiger partial charge in [-0.1, -0.05) is 28.1 Å². The maximum Gasteiger partial charge on any atom is 0.256 e. The van der Waals surface area contributed by atoms with Crippen molar-refractivity contribution >= 4 is 49.5 Å². The minimum Gasteiger partial charge on any atom is -0.497 e. The summed E-state index contributed by atoms with van der Waals surface area (Å²) < 4.78 is 7.07. The zero-order chi connectivity index (χ0) is 16.4. The van der Waals surface area contributed by atoms with E-state index in [0.29, 0.717) is 11.3 Å². The van der Waals surface area contributed by atoms with E-state index in [9.17, 15) is 4.79 Å². The second kappa shape index (κ2) is 7.28. The SMILES string of the molecule is COc1ccc(Br)c(C(=O)N2CCSC2c2ccc(Br)cc2)c1. The van der Waals surface area contributed by atoms with Crippen LogP contribution in [0.4, 0.5) is 0 Å². The van der Waals surface area contributed by atoms with Crippen LogP contribution in [-0.2, 0) is 0 Å². The number of methoxy groups -OCH3 is 1. The van der Waals surface area contributed by atoms with E-state index in [2.05, 4.69) is 44.0 Å². The van der Waals surface area contributed by atoms with Crippen LogP contribution in [0, 0.1) is 0 Å². The number of benzene rings is 2. The molecule has 0 radical (unpaired) electrons. The maximum atomic E-state index is 13.0. The van der Waals surface area contributed by atoms with Gasteiger partial charge in [0.1, 0.15) is 11.1 Å². The van der Waals surface area contributed by atoms with Crippen molar-refractivity contribution in [3.05, 3.63) is 62.5 Å². The number of amides is 1. The van der Waals surface area contributed by atoms with Crippen LogP contribution in [0.25, 0.3) is 0 Å². The molecule has 0 aliphatic carbocycles. The van der Waals surface area contributed by atoms with Crippen molar-refractivity contribution in [1.82, 2.24) is 4.90 Å². The Balaban J connectivity index is 1.90. The summed E-state index contributed by atoms with van der Waals surface area (Å²) in [6, 6.07) is 13.6. The van der Waals surface area contributed by atoms with Crippen molar-refractivity contribution in [2.75, 3.05) is 19.4 Å². The van der Waals surface area contributed by atoms with Crippen molar-refractivity contribution in [3.63, 3.8) is 0 Å². The van der Waals surface area contributed by atoms with E-state index in [1.54, 1.807) is 24.9 Å². The average molecular weight is 457 g/mol. The third kappa shape index (κ3) is 3.59. The predicted octanol–water partition coefficient (Wildman–Crippen LogP) is 5.11. The summed E-state index contributed by atoms with van der Waals surface area (Å²) in [5, 5.41) is 0.0497. The van der Waals surface area contributed by atoms with E-state index < -0.39 is 0 Å². The topological polar surface area (TPSA) is 29.5 Å². The highest BCUT2D eigenvalue weighted by Crippen LogP contribution is 2.40. The fourth-order valence-corrected chi connectivity index (χ4v) is 4.47. The third-order valence-corrected chi connectivity index (χ3v) is 6.19. The molecule has 1 fully saturated rings. The van der Waals surface area contributed by atoms with Gasteiger partial charge in [0.2, 0.25) is 0 Å². The Morgan fingerprint density at radius 2 is 1.96 bits per heavy atom. The molecule has 1 aliphatic rings. The van der Waals surface area contributed by atoms with Crippen LogP contribution in [0.3, 0.4) is 0 Å². The van der Waals surface area contributed by atoms with Crippen molar-refractivity contribution in [3.8, 4) is 5.75 Å². The molecule has 3 nitrogen and oxygen atoms in total. The van der Waals surface area contributed by atoms with E-state index in [0.717, 1.165) is 26.8 Å². The smallest absolute Gasteiger partial charge is 0.256 e. The normalized spacial score (nSPS) is 17.3. The van der Waals surface area contributed by atoms with E-state index in [-0.39, 0.29) is 11.3 Å². The molecule has 1 atom stereocenters. The molecule has 1 heterocycles. The summed E-state index contributed by atoms with van der Waals surface area (Å²) in [7, 11) is 1.60. The quantitative estimate of drug-likeness (QED) is 0.642. The minimum absolute atomic E-state index is 0.0219. The Hall–Kier alpha value is -0.980. The largest absolute Gasteiger partial charge is 0.497 e. The summed E-state index contributed by atoms with van der Waals surface area (Å²) >= 11 is 8.72. The minimum atomic E-state index is 0.0219. The van der Waals surface area contributed by atoms with Gasteiger partial charge in [0.05, 0.1) is 12.7 Å². The summed E-state index contributed by atoms with van der Waals surface area (Å²) in [6.45, 7) is 0.744. The summed E-state index contributed by atoms with van der Waals surface area (Å²) in [5.41, 5.74) is 1.78. The molecule has 1 unspecified atom stereocenters. The van der Waals surface area contributed by atoms with Gasteiger partial charge in [-0.3, -0.25) is 4.79 Å². The number of hydrogen-bond acceptors (Lipinski definition) is 3. The molecule has 0 aromatic heterocycles. The van der Waals surface area contributed by atoms with E-state index in [1.165, 1.54) is 0 Å². The molecule has 2 aromatic rings. The lowest BCUT2D eigenvalue weighted by Crippen LogP contribution is -2.30. The van der Waals surface area contributed by atoms with Gasteiger partial charge in [-0.05, 0) is 51.8 Å². The van der Waals surface area contributed by atoms with Gasteiger partial charge in [-0.2, -0.15) is 0 Å². The first-order chi connectivity index (χ1) is 11.1. The Morgan fingerprint density at radius 1 is 1.22 bits per heavy atom. The van der Waals surface area contributed by atoms with E-state index in [4.69, 9.17) is 4.74 Å². The molecule has 1 amide bonds. The number of carbonyl (C=O) groups is 1. The number of hydrogen-bond donors (Lipinski definition) is 0. The molecule has 1 saturated heterocycles. The van der Waals surface area contributed by atoms with Crippen molar-refractivity contribution < 1.29 is 9.53 Å². The van der Waals surface area contributed by atoms with Crippen molar-refractivity contribution in [1.29, 1.82) is 0 Å². The highest BCUT2D eigenvalue weighted by Gasteiger charge is 2.32. The molecule has 23 heavy (non-hydrogen) atoms. The Labute approximate surface area is 156 Å². The number of carbonyl (C=O) groups excluding carboxylic acids is 1. The predicted molar refractivity (Wildman–Crippen MR) is 101 cm³/mol. The van der Waals surface area contributed by atoms with Gasteiger partial charge in [0.15, 0.2) is 0 Å². The molecular weight excluding hydrogens is 442 g/mol. The number of rotatable bonds is 3. The lowest BCUT2D eigenvalue weighted by atomic mass is 10.1. The molecule has 6 heteroatoms. The van der Waals surface area contributed by atoms with Gasteiger partial charge in [-0.25, -0.2) is 0 Å². The number of halogens is 2. The molecule has 3 rings (SSSR count). The molecule has 2 aromatic carbocycles. The Morgan fingerprint density at radius 3 is 2.65 bits per heavy atom. The second-order valence-corrected chi connectivity index (χ2v) is 8.08. The Bertz CT molecular complexity index is 721. The molecule has 1 aliphatic heterocycles. The summed E-state index contributed by atoms with van der Waals surface area (Å²) in [6.07, 6.45) is 0. The molecule has 120 valence electrons. The van der Waals surface area contributed by atoms with Crippen molar-refractivity contribution in [2.24, 2.45) is 0 Å². The van der Waals surface area contributed by atoms with Gasteiger partial charge in [-0.15, -0.1) is 11.8 Å². The number of thioether (sulfide) groups is 1. The molecule has 0 spiro atoms. The monoisotopic (exact) mass is 455 g/mol. The van der Waals surface area contributed by atoms with Crippen LogP contribution in [-0.4, -0.2) is 30.2 Å². The summed E-state index contributed by atoms with van der Waals surface area (Å²) in [5.74, 6) is 1.64. The van der Waals surface area contributed by atoms with Gasteiger partial charge >= 0.3 is 0 Å². The third-order valence-electron chi connectivity index (χ3n) is 3.71. The standard InChI is InChI=1S/C17H15Br2NO2S/c1-22-13-6-7-15(19)14(10-13)16(21)20-8-9-23-17(20)11-2-4-12(18)5-3-11/h2-7,10,17H,8-9H2,1H3. The number of ether oxygens (including phenoxy) is 1. The van der Waals surface area contributed by atoms with Crippen LogP contribution in [0.1, 0.15) is 21.3 Å². The van der Waals surface area contributed by atoms with Crippen LogP contribution in [0.5, 0.6) is 5.75 Å². The first-order valence-electron chi connectivity index (χ1n) is 7.11. The second-order valence-electron chi connectivity index (χ2n) is 5.12. The maximum absolute atomic E-state index is 13.0. The van der Waals surface area contributed by atoms with Crippen molar-refractivity contribution in [2.45, 2.75) is 5.37 Å². The fourth-order valence-electron chi connectivity index (χ4n) is 2.53. The first-order valence-corrected chi connectivity index (χ1v) is 9.75. The lowest BCUT2D eigenvalue weighted by molar-refractivity contribution is 0.0759.